The Morgan fingerprint density at radius 3 is 2.56 bits per heavy atom. The van der Waals surface area contributed by atoms with Crippen molar-refractivity contribution in [1.29, 1.82) is 0 Å². The minimum Gasteiger partial charge on any atom is -0.362 e. The van der Waals surface area contributed by atoms with Crippen molar-refractivity contribution in [3.05, 3.63) is 34.3 Å². The summed E-state index contributed by atoms with van der Waals surface area (Å²) in [6, 6.07) is 7.97. The van der Waals surface area contributed by atoms with E-state index in [2.05, 4.69) is 31.8 Å². The molecule has 5 heteroatoms. The first-order valence-corrected chi connectivity index (χ1v) is 6.17. The summed E-state index contributed by atoms with van der Waals surface area (Å²) in [6.45, 7) is 4.71. The van der Waals surface area contributed by atoms with Crippen molar-refractivity contribution in [3.8, 4) is 0 Å². The van der Waals surface area contributed by atoms with Crippen molar-refractivity contribution in [2.24, 2.45) is 5.10 Å². The van der Waals surface area contributed by atoms with Crippen LogP contribution in [0.4, 0.5) is 0 Å². The largest absolute Gasteiger partial charge is 0.362 e. The van der Waals surface area contributed by atoms with E-state index in [-0.39, 0.29) is 0 Å². The Hall–Kier alpha value is -0.940. The van der Waals surface area contributed by atoms with Gasteiger partial charge in [0.15, 0.2) is 5.11 Å². The van der Waals surface area contributed by atoms with Crippen LogP contribution >= 0.6 is 28.1 Å². The average molecular weight is 300 g/mol. The monoisotopic (exact) mass is 299 g/mol. The number of hydrazone groups is 1. The number of halogens is 1. The highest BCUT2D eigenvalue weighted by Crippen LogP contribution is 2.10. The molecule has 0 radical (unpaired) electrons. The Morgan fingerprint density at radius 1 is 1.38 bits per heavy atom. The fourth-order valence-electron chi connectivity index (χ4n) is 1.09. The van der Waals surface area contributed by atoms with E-state index in [0.29, 0.717) is 5.11 Å². The summed E-state index contributed by atoms with van der Waals surface area (Å²) in [7, 11) is 0. The zero-order valence-corrected chi connectivity index (χ0v) is 11.7. The van der Waals surface area contributed by atoms with E-state index in [9.17, 15) is 0 Å². The number of thiocarbonyl (C=S) groups is 1. The van der Waals surface area contributed by atoms with E-state index in [0.717, 1.165) is 22.3 Å². The molecule has 0 heterocycles. The first-order chi connectivity index (χ1) is 7.63. The molecule has 0 atom stereocenters. The molecule has 0 fully saturated rings. The Bertz CT molecular complexity index is 387. The van der Waals surface area contributed by atoms with Crippen LogP contribution in [-0.4, -0.2) is 17.4 Å². The van der Waals surface area contributed by atoms with Crippen LogP contribution in [0.25, 0.3) is 0 Å². The third kappa shape index (κ3) is 4.28. The maximum atomic E-state index is 5.01. The Labute approximate surface area is 109 Å². The van der Waals surface area contributed by atoms with Gasteiger partial charge in [0.1, 0.15) is 0 Å². The molecule has 0 aliphatic rings. The lowest BCUT2D eigenvalue weighted by Crippen LogP contribution is -2.32. The molecule has 0 spiro atoms. The molecule has 0 bridgehead atoms. The minimum atomic E-state index is 0.541. The highest BCUT2D eigenvalue weighted by atomic mass is 79.9. The Balaban J connectivity index is 2.63. The van der Waals surface area contributed by atoms with Crippen molar-refractivity contribution in [2.45, 2.75) is 13.8 Å². The maximum absolute atomic E-state index is 5.01. The van der Waals surface area contributed by atoms with Gasteiger partial charge >= 0.3 is 0 Å². The van der Waals surface area contributed by atoms with Crippen molar-refractivity contribution in [2.75, 3.05) is 6.54 Å². The molecular weight excluding hydrogens is 286 g/mol. The van der Waals surface area contributed by atoms with Crippen molar-refractivity contribution in [1.82, 2.24) is 10.7 Å². The third-order valence-corrected chi connectivity index (χ3v) is 2.69. The van der Waals surface area contributed by atoms with Gasteiger partial charge in [0.25, 0.3) is 0 Å². The molecule has 1 aromatic carbocycles. The molecule has 0 saturated carbocycles. The third-order valence-electron chi connectivity index (χ3n) is 1.92. The van der Waals surface area contributed by atoms with E-state index in [1.165, 1.54) is 0 Å². The van der Waals surface area contributed by atoms with Crippen LogP contribution in [0.1, 0.15) is 19.4 Å². The second kappa shape index (κ2) is 6.60. The SMILES string of the molecule is CCNC(=S)NN=C(C)c1ccc(Br)cc1. The maximum Gasteiger partial charge on any atom is 0.186 e. The number of nitrogens with one attached hydrogen (secondary N) is 2. The number of rotatable bonds is 3. The van der Waals surface area contributed by atoms with Gasteiger partial charge in [-0.3, -0.25) is 5.43 Å². The van der Waals surface area contributed by atoms with Gasteiger partial charge in [-0.1, -0.05) is 28.1 Å². The highest BCUT2D eigenvalue weighted by molar-refractivity contribution is 9.10. The summed E-state index contributed by atoms with van der Waals surface area (Å²) in [4.78, 5) is 0. The first-order valence-electron chi connectivity index (χ1n) is 4.97. The normalized spacial score (nSPS) is 11.1. The summed E-state index contributed by atoms with van der Waals surface area (Å²) in [6.07, 6.45) is 0. The number of hydrogen-bond donors (Lipinski definition) is 2. The molecule has 0 amide bonds. The predicted molar refractivity (Wildman–Crippen MR) is 75.8 cm³/mol. The number of hydrogen-bond acceptors (Lipinski definition) is 2. The molecule has 0 unspecified atom stereocenters. The summed E-state index contributed by atoms with van der Waals surface area (Å²) in [5, 5.41) is 7.70. The summed E-state index contributed by atoms with van der Waals surface area (Å²) in [5.41, 5.74) is 4.75. The van der Waals surface area contributed by atoms with Crippen LogP contribution in [0.15, 0.2) is 33.8 Å². The molecule has 1 aromatic rings. The zero-order chi connectivity index (χ0) is 12.0. The molecule has 0 aromatic heterocycles. The van der Waals surface area contributed by atoms with Crippen molar-refractivity contribution >= 4 is 39.0 Å². The van der Waals surface area contributed by atoms with E-state index >= 15 is 0 Å². The first kappa shape index (κ1) is 13.1. The fourth-order valence-corrected chi connectivity index (χ4v) is 1.54. The molecule has 2 N–H and O–H groups in total. The average Bonchev–Trinajstić information content (AvgIpc) is 2.27. The van der Waals surface area contributed by atoms with Gasteiger partial charge in [0, 0.05) is 11.0 Å². The van der Waals surface area contributed by atoms with Gasteiger partial charge in [0.2, 0.25) is 0 Å². The molecule has 3 nitrogen and oxygen atoms in total. The predicted octanol–water partition coefficient (Wildman–Crippen LogP) is 2.66. The Kier molecular flexibility index (Phi) is 5.42. The second-order valence-corrected chi connectivity index (χ2v) is 4.50. The quantitative estimate of drug-likeness (QED) is 0.512. The van der Waals surface area contributed by atoms with Crippen LogP contribution in [0.5, 0.6) is 0 Å². The van der Waals surface area contributed by atoms with Crippen molar-refractivity contribution < 1.29 is 0 Å². The lowest BCUT2D eigenvalue weighted by atomic mass is 10.1. The van der Waals surface area contributed by atoms with Crippen LogP contribution < -0.4 is 10.7 Å². The lowest BCUT2D eigenvalue weighted by molar-refractivity contribution is 0.900. The zero-order valence-electron chi connectivity index (χ0n) is 9.25. The van der Waals surface area contributed by atoms with Gasteiger partial charge in [-0.15, -0.1) is 0 Å². The molecule has 86 valence electrons. The van der Waals surface area contributed by atoms with Gasteiger partial charge in [0.05, 0.1) is 5.71 Å². The van der Waals surface area contributed by atoms with Crippen LogP contribution in [0.3, 0.4) is 0 Å². The summed E-state index contributed by atoms with van der Waals surface area (Å²) in [5.74, 6) is 0. The van der Waals surface area contributed by atoms with E-state index in [1.54, 1.807) is 0 Å². The highest BCUT2D eigenvalue weighted by Gasteiger charge is 1.97. The molecule has 0 aliphatic carbocycles. The second-order valence-electron chi connectivity index (χ2n) is 3.18. The Morgan fingerprint density at radius 2 is 2.00 bits per heavy atom. The van der Waals surface area contributed by atoms with E-state index in [4.69, 9.17) is 12.2 Å². The van der Waals surface area contributed by atoms with E-state index < -0.39 is 0 Å². The fraction of sp³-hybridized carbons (Fsp3) is 0.273. The van der Waals surface area contributed by atoms with Gasteiger partial charge in [-0.25, -0.2) is 0 Å². The molecular formula is C11H14BrN3S. The number of nitrogens with zero attached hydrogens (tertiary/aromatic N) is 1. The minimum absolute atomic E-state index is 0.541. The molecule has 1 rings (SSSR count). The van der Waals surface area contributed by atoms with Crippen LogP contribution in [0, 0.1) is 0 Å². The molecule has 0 saturated heterocycles. The van der Waals surface area contributed by atoms with E-state index in [1.807, 2.05) is 38.1 Å². The van der Waals surface area contributed by atoms with Crippen molar-refractivity contribution in [3.63, 3.8) is 0 Å². The van der Waals surface area contributed by atoms with Gasteiger partial charge < -0.3 is 5.32 Å². The summed E-state index contributed by atoms with van der Waals surface area (Å²) < 4.78 is 1.06. The summed E-state index contributed by atoms with van der Waals surface area (Å²) >= 11 is 8.40. The van der Waals surface area contributed by atoms with Gasteiger partial charge in [-0.05, 0) is 43.8 Å². The van der Waals surface area contributed by atoms with Crippen LogP contribution in [0.2, 0.25) is 0 Å². The lowest BCUT2D eigenvalue weighted by Gasteiger charge is -2.05. The van der Waals surface area contributed by atoms with Crippen LogP contribution in [-0.2, 0) is 0 Å². The number of benzene rings is 1. The standard InChI is InChI=1S/C11H14BrN3S/c1-3-13-11(16)15-14-8(2)9-4-6-10(12)7-5-9/h4-7H,3H2,1-2H3,(H2,13,15,16). The molecule has 16 heavy (non-hydrogen) atoms. The van der Waals surface area contributed by atoms with Gasteiger partial charge in [-0.2, -0.15) is 5.10 Å². The smallest absolute Gasteiger partial charge is 0.186 e. The molecule has 0 aliphatic heterocycles. The topological polar surface area (TPSA) is 36.4 Å².